The zero-order chi connectivity index (χ0) is 13.2. The zero-order valence-electron chi connectivity index (χ0n) is 10.6. The second-order valence-corrected chi connectivity index (χ2v) is 5.34. The van der Waals surface area contributed by atoms with Gasteiger partial charge in [-0.15, -0.1) is 11.3 Å². The predicted octanol–water partition coefficient (Wildman–Crippen LogP) is 2.99. The fourth-order valence-corrected chi connectivity index (χ4v) is 2.59. The molecule has 2 heterocycles. The second kappa shape index (κ2) is 5.03. The van der Waals surface area contributed by atoms with E-state index >= 15 is 0 Å². The molecule has 0 aliphatic rings. The van der Waals surface area contributed by atoms with E-state index in [1.165, 1.54) is 0 Å². The number of benzene rings is 1. The Labute approximate surface area is 115 Å². The number of thiazole rings is 1. The first-order valence-electron chi connectivity index (χ1n) is 6.12. The Hall–Kier alpha value is -1.85. The molecule has 0 bridgehead atoms. The standard InChI is InChI=1S/C14H15N3OS/c1-10(15)11-2-4-13(5-3-11)18-9-12-8-17-6-7-19-14(17)16-12/h2-8,10H,9,15H2,1H3. The summed E-state index contributed by atoms with van der Waals surface area (Å²) in [7, 11) is 0. The number of fused-ring (bicyclic) bond motifs is 1. The van der Waals surface area contributed by atoms with Gasteiger partial charge in [0, 0.05) is 23.8 Å². The Balaban J connectivity index is 1.67. The first-order valence-corrected chi connectivity index (χ1v) is 7.00. The minimum Gasteiger partial charge on any atom is -0.487 e. The van der Waals surface area contributed by atoms with Crippen LogP contribution in [0, 0.1) is 0 Å². The fraction of sp³-hybridized carbons (Fsp3) is 0.214. The highest BCUT2D eigenvalue weighted by molar-refractivity contribution is 7.15. The molecular formula is C14H15N3OS. The van der Waals surface area contributed by atoms with Crippen molar-refractivity contribution in [3.8, 4) is 5.75 Å². The summed E-state index contributed by atoms with van der Waals surface area (Å²) in [5, 5.41) is 2.01. The van der Waals surface area contributed by atoms with Crippen molar-refractivity contribution in [2.75, 3.05) is 0 Å². The zero-order valence-corrected chi connectivity index (χ0v) is 11.4. The summed E-state index contributed by atoms with van der Waals surface area (Å²) in [6, 6.07) is 7.92. The largest absolute Gasteiger partial charge is 0.487 e. The summed E-state index contributed by atoms with van der Waals surface area (Å²) in [4.78, 5) is 5.46. The molecule has 0 saturated carbocycles. The van der Waals surface area contributed by atoms with Gasteiger partial charge in [0.1, 0.15) is 12.4 Å². The molecule has 1 unspecified atom stereocenters. The van der Waals surface area contributed by atoms with Gasteiger partial charge in [0.25, 0.3) is 0 Å². The minimum absolute atomic E-state index is 0.0500. The van der Waals surface area contributed by atoms with Crippen LogP contribution in [0.1, 0.15) is 24.2 Å². The smallest absolute Gasteiger partial charge is 0.193 e. The van der Waals surface area contributed by atoms with E-state index in [1.807, 2.05) is 53.4 Å². The van der Waals surface area contributed by atoms with Crippen molar-refractivity contribution in [3.63, 3.8) is 0 Å². The van der Waals surface area contributed by atoms with Gasteiger partial charge in [-0.25, -0.2) is 4.98 Å². The van der Waals surface area contributed by atoms with E-state index in [9.17, 15) is 0 Å². The van der Waals surface area contributed by atoms with Crippen LogP contribution in [-0.4, -0.2) is 9.38 Å². The molecule has 1 aromatic carbocycles. The van der Waals surface area contributed by atoms with Gasteiger partial charge in [-0.3, -0.25) is 4.40 Å². The average molecular weight is 273 g/mol. The van der Waals surface area contributed by atoms with E-state index < -0.39 is 0 Å². The Bertz CT molecular complexity index is 641. The lowest BCUT2D eigenvalue weighted by molar-refractivity contribution is 0.302. The number of rotatable bonds is 4. The molecule has 3 rings (SSSR count). The Morgan fingerprint density at radius 3 is 2.84 bits per heavy atom. The van der Waals surface area contributed by atoms with Gasteiger partial charge < -0.3 is 10.5 Å². The molecule has 0 aliphatic heterocycles. The van der Waals surface area contributed by atoms with E-state index in [0.29, 0.717) is 6.61 Å². The minimum atomic E-state index is 0.0500. The van der Waals surface area contributed by atoms with Gasteiger partial charge in [0.15, 0.2) is 4.96 Å². The molecule has 2 N–H and O–H groups in total. The highest BCUT2D eigenvalue weighted by atomic mass is 32.1. The molecule has 4 nitrogen and oxygen atoms in total. The van der Waals surface area contributed by atoms with Gasteiger partial charge in [-0.05, 0) is 24.6 Å². The number of imidazole rings is 1. The number of nitrogens with zero attached hydrogens (tertiary/aromatic N) is 2. The van der Waals surface area contributed by atoms with E-state index in [-0.39, 0.29) is 6.04 Å². The highest BCUT2D eigenvalue weighted by Crippen LogP contribution is 2.18. The third-order valence-electron chi connectivity index (χ3n) is 2.94. The molecule has 98 valence electrons. The third-order valence-corrected chi connectivity index (χ3v) is 3.71. The van der Waals surface area contributed by atoms with Gasteiger partial charge in [-0.1, -0.05) is 12.1 Å². The van der Waals surface area contributed by atoms with Gasteiger partial charge in [0.05, 0.1) is 5.69 Å². The molecule has 0 aliphatic carbocycles. The van der Waals surface area contributed by atoms with E-state index in [1.54, 1.807) is 11.3 Å². The van der Waals surface area contributed by atoms with E-state index in [4.69, 9.17) is 10.5 Å². The Morgan fingerprint density at radius 1 is 1.37 bits per heavy atom. The van der Waals surface area contributed by atoms with Crippen molar-refractivity contribution >= 4 is 16.3 Å². The van der Waals surface area contributed by atoms with Crippen molar-refractivity contribution < 1.29 is 4.74 Å². The number of hydrogen-bond acceptors (Lipinski definition) is 4. The average Bonchev–Trinajstić information content (AvgIpc) is 2.97. The topological polar surface area (TPSA) is 52.5 Å². The van der Waals surface area contributed by atoms with Crippen molar-refractivity contribution in [1.29, 1.82) is 0 Å². The van der Waals surface area contributed by atoms with Crippen LogP contribution in [0.25, 0.3) is 4.96 Å². The van der Waals surface area contributed by atoms with Crippen LogP contribution in [0.15, 0.2) is 42.0 Å². The molecule has 5 heteroatoms. The summed E-state index contributed by atoms with van der Waals surface area (Å²) in [5.74, 6) is 0.834. The normalized spacial score (nSPS) is 12.7. The predicted molar refractivity (Wildman–Crippen MR) is 76.4 cm³/mol. The van der Waals surface area contributed by atoms with Crippen molar-refractivity contribution in [1.82, 2.24) is 9.38 Å². The lowest BCUT2D eigenvalue weighted by Crippen LogP contribution is -2.04. The number of nitrogens with two attached hydrogens (primary N) is 1. The maximum atomic E-state index is 5.81. The molecule has 0 saturated heterocycles. The van der Waals surface area contributed by atoms with Crippen molar-refractivity contribution in [2.24, 2.45) is 5.73 Å². The maximum absolute atomic E-state index is 5.81. The number of aromatic nitrogens is 2. The molecule has 0 spiro atoms. The highest BCUT2D eigenvalue weighted by Gasteiger charge is 2.04. The summed E-state index contributed by atoms with van der Waals surface area (Å²) >= 11 is 1.62. The van der Waals surface area contributed by atoms with Crippen LogP contribution in [0.5, 0.6) is 5.75 Å². The lowest BCUT2D eigenvalue weighted by atomic mass is 10.1. The van der Waals surface area contributed by atoms with Crippen molar-refractivity contribution in [3.05, 3.63) is 53.3 Å². The van der Waals surface area contributed by atoms with Crippen LogP contribution >= 0.6 is 11.3 Å². The maximum Gasteiger partial charge on any atom is 0.193 e. The van der Waals surface area contributed by atoms with Crippen LogP contribution in [0.3, 0.4) is 0 Å². The molecule has 0 fully saturated rings. The van der Waals surface area contributed by atoms with Crippen molar-refractivity contribution in [2.45, 2.75) is 19.6 Å². The first-order chi connectivity index (χ1) is 9.22. The lowest BCUT2D eigenvalue weighted by Gasteiger charge is -2.07. The first kappa shape index (κ1) is 12.2. The number of hydrogen-bond donors (Lipinski definition) is 1. The van der Waals surface area contributed by atoms with Crippen LogP contribution in [-0.2, 0) is 6.61 Å². The Kier molecular flexibility index (Phi) is 3.23. The fourth-order valence-electron chi connectivity index (χ4n) is 1.87. The van der Waals surface area contributed by atoms with E-state index in [2.05, 4.69) is 4.98 Å². The van der Waals surface area contributed by atoms with Crippen LogP contribution in [0.4, 0.5) is 0 Å². The quantitative estimate of drug-likeness (QED) is 0.795. The SMILES string of the molecule is CC(N)c1ccc(OCc2cn3ccsc3n2)cc1. The molecular weight excluding hydrogens is 258 g/mol. The van der Waals surface area contributed by atoms with Gasteiger partial charge in [0.2, 0.25) is 0 Å². The summed E-state index contributed by atoms with van der Waals surface area (Å²) in [5.41, 5.74) is 7.85. The summed E-state index contributed by atoms with van der Waals surface area (Å²) in [6.07, 6.45) is 3.98. The van der Waals surface area contributed by atoms with Gasteiger partial charge >= 0.3 is 0 Å². The second-order valence-electron chi connectivity index (χ2n) is 4.47. The molecule has 3 aromatic rings. The third kappa shape index (κ3) is 2.62. The molecule has 2 aromatic heterocycles. The Morgan fingerprint density at radius 2 is 2.16 bits per heavy atom. The molecule has 1 atom stereocenters. The summed E-state index contributed by atoms with van der Waals surface area (Å²) in [6.45, 7) is 2.44. The van der Waals surface area contributed by atoms with Crippen LogP contribution < -0.4 is 10.5 Å². The molecule has 19 heavy (non-hydrogen) atoms. The van der Waals surface area contributed by atoms with Gasteiger partial charge in [-0.2, -0.15) is 0 Å². The number of ether oxygens (including phenoxy) is 1. The molecule has 0 amide bonds. The van der Waals surface area contributed by atoms with Crippen LogP contribution in [0.2, 0.25) is 0 Å². The molecule has 0 radical (unpaired) electrons. The monoisotopic (exact) mass is 273 g/mol. The summed E-state index contributed by atoms with van der Waals surface area (Å²) < 4.78 is 7.72. The van der Waals surface area contributed by atoms with E-state index in [0.717, 1.165) is 22.0 Å².